The first kappa shape index (κ1) is 20.7. The van der Waals surface area contributed by atoms with Gasteiger partial charge in [0.1, 0.15) is 5.60 Å². The van der Waals surface area contributed by atoms with Gasteiger partial charge in [-0.1, -0.05) is 48.0 Å². The maximum atomic E-state index is 12.3. The normalized spacial score (nSPS) is 16.7. The van der Waals surface area contributed by atoms with E-state index < -0.39 is 5.60 Å². The zero-order valence-corrected chi connectivity index (χ0v) is 17.6. The molecule has 1 fully saturated rings. The molecule has 150 valence electrons. The molecule has 0 aromatic heterocycles. The number of amides is 1. The van der Waals surface area contributed by atoms with Crippen molar-refractivity contribution in [3.63, 3.8) is 0 Å². The topological polar surface area (TPSA) is 55.6 Å². The summed E-state index contributed by atoms with van der Waals surface area (Å²) in [5, 5.41) is 0.722. The number of carbonyl (C=O) groups is 1. The van der Waals surface area contributed by atoms with Gasteiger partial charge >= 0.3 is 6.09 Å². The number of carbonyl (C=O) groups excluding carboxylic acids is 1. The van der Waals surface area contributed by atoms with E-state index in [2.05, 4.69) is 12.1 Å². The summed E-state index contributed by atoms with van der Waals surface area (Å²) in [6, 6.07) is 16.1. The maximum Gasteiger partial charge on any atom is 0.410 e. The van der Waals surface area contributed by atoms with Gasteiger partial charge in [0, 0.05) is 24.2 Å². The van der Waals surface area contributed by atoms with Crippen molar-refractivity contribution in [3.05, 3.63) is 59.1 Å². The summed E-state index contributed by atoms with van der Waals surface area (Å²) in [7, 11) is 0. The van der Waals surface area contributed by atoms with Crippen molar-refractivity contribution in [1.82, 2.24) is 4.90 Å². The Bertz CT molecular complexity index is 806. The van der Waals surface area contributed by atoms with Gasteiger partial charge in [0.15, 0.2) is 0 Å². The molecule has 1 aliphatic heterocycles. The first-order valence-electron chi connectivity index (χ1n) is 9.83. The Kier molecular flexibility index (Phi) is 6.31. The first-order valence-corrected chi connectivity index (χ1v) is 10.2. The third-order valence-corrected chi connectivity index (χ3v) is 5.43. The van der Waals surface area contributed by atoms with E-state index in [-0.39, 0.29) is 12.1 Å². The molecule has 4 nitrogen and oxygen atoms in total. The fraction of sp³-hybridized carbons (Fsp3) is 0.435. The third-order valence-electron chi connectivity index (χ3n) is 5.17. The third kappa shape index (κ3) is 5.06. The lowest BCUT2D eigenvalue weighted by Crippen LogP contribution is -2.43. The zero-order valence-electron chi connectivity index (χ0n) is 16.8. The highest BCUT2D eigenvalue weighted by molar-refractivity contribution is 6.30. The van der Waals surface area contributed by atoms with Crippen molar-refractivity contribution in [2.24, 2.45) is 11.7 Å². The molecule has 0 bridgehead atoms. The lowest BCUT2D eigenvalue weighted by molar-refractivity contribution is 0.0174. The van der Waals surface area contributed by atoms with Crippen LogP contribution in [0, 0.1) is 5.92 Å². The van der Waals surface area contributed by atoms with Crippen LogP contribution in [0.5, 0.6) is 0 Å². The molecule has 1 aliphatic rings. The van der Waals surface area contributed by atoms with Crippen LogP contribution in [-0.2, 0) is 4.74 Å². The lowest BCUT2D eigenvalue weighted by Gasteiger charge is -2.36. The molecule has 1 saturated heterocycles. The lowest BCUT2D eigenvalue weighted by atomic mass is 9.83. The summed E-state index contributed by atoms with van der Waals surface area (Å²) in [5.74, 6) is 0.326. The van der Waals surface area contributed by atoms with Gasteiger partial charge in [-0.3, -0.25) is 0 Å². The standard InChI is InChI=1S/C23H29ClN2O2/c1-23(2,3)28-22(27)26-14-12-17(13-15-26)21(25)20-7-5-4-6-19(20)16-8-10-18(24)11-9-16/h4-11,17,21H,12-15,25H2,1-3H3. The van der Waals surface area contributed by atoms with E-state index in [0.717, 1.165) is 34.6 Å². The fourth-order valence-corrected chi connectivity index (χ4v) is 3.83. The molecule has 0 spiro atoms. The van der Waals surface area contributed by atoms with Crippen LogP contribution in [0.4, 0.5) is 4.79 Å². The van der Waals surface area contributed by atoms with E-state index in [1.807, 2.05) is 57.2 Å². The molecular formula is C23H29ClN2O2. The second kappa shape index (κ2) is 8.54. The number of piperidine rings is 1. The molecular weight excluding hydrogens is 372 g/mol. The number of nitrogens with zero attached hydrogens (tertiary/aromatic N) is 1. The summed E-state index contributed by atoms with van der Waals surface area (Å²) >= 11 is 6.04. The highest BCUT2D eigenvalue weighted by Gasteiger charge is 2.30. The molecule has 1 amide bonds. The van der Waals surface area contributed by atoms with Crippen LogP contribution >= 0.6 is 11.6 Å². The quantitative estimate of drug-likeness (QED) is 0.723. The molecule has 1 unspecified atom stereocenters. The van der Waals surface area contributed by atoms with Gasteiger partial charge in [-0.15, -0.1) is 0 Å². The smallest absolute Gasteiger partial charge is 0.410 e. The van der Waals surface area contributed by atoms with Crippen molar-refractivity contribution >= 4 is 17.7 Å². The molecule has 2 aromatic rings. The number of hydrogen-bond acceptors (Lipinski definition) is 3. The van der Waals surface area contributed by atoms with Crippen LogP contribution in [0.1, 0.15) is 45.2 Å². The van der Waals surface area contributed by atoms with E-state index in [1.54, 1.807) is 4.90 Å². The number of likely N-dealkylation sites (tertiary alicyclic amines) is 1. The Balaban J connectivity index is 1.70. The number of ether oxygens (including phenoxy) is 1. The molecule has 2 N–H and O–H groups in total. The number of halogens is 1. The molecule has 1 atom stereocenters. The minimum Gasteiger partial charge on any atom is -0.444 e. The van der Waals surface area contributed by atoms with E-state index in [9.17, 15) is 4.79 Å². The molecule has 0 aliphatic carbocycles. The highest BCUT2D eigenvalue weighted by Crippen LogP contribution is 2.35. The molecule has 28 heavy (non-hydrogen) atoms. The van der Waals surface area contributed by atoms with E-state index in [1.165, 1.54) is 0 Å². The summed E-state index contributed by atoms with van der Waals surface area (Å²) in [4.78, 5) is 14.1. The van der Waals surface area contributed by atoms with Gasteiger partial charge in [-0.05, 0) is 68.4 Å². The van der Waals surface area contributed by atoms with Gasteiger partial charge in [-0.25, -0.2) is 4.79 Å². The van der Waals surface area contributed by atoms with Crippen molar-refractivity contribution in [1.29, 1.82) is 0 Å². The summed E-state index contributed by atoms with van der Waals surface area (Å²) in [6.07, 6.45) is 1.51. The molecule has 5 heteroatoms. The minimum absolute atomic E-state index is 0.0762. The predicted molar refractivity (Wildman–Crippen MR) is 114 cm³/mol. The molecule has 1 heterocycles. The van der Waals surface area contributed by atoms with Crippen molar-refractivity contribution in [2.45, 2.75) is 45.3 Å². The van der Waals surface area contributed by atoms with E-state index in [4.69, 9.17) is 22.1 Å². The SMILES string of the molecule is CC(C)(C)OC(=O)N1CCC(C(N)c2ccccc2-c2ccc(Cl)cc2)CC1. The van der Waals surface area contributed by atoms with Crippen LogP contribution in [-0.4, -0.2) is 29.7 Å². The number of benzene rings is 2. The van der Waals surface area contributed by atoms with Gasteiger partial charge in [0.2, 0.25) is 0 Å². The van der Waals surface area contributed by atoms with E-state index in [0.29, 0.717) is 19.0 Å². The average Bonchev–Trinajstić information content (AvgIpc) is 2.67. The van der Waals surface area contributed by atoms with Gasteiger partial charge in [0.25, 0.3) is 0 Å². The Labute approximate surface area is 172 Å². The van der Waals surface area contributed by atoms with Gasteiger partial charge in [0.05, 0.1) is 0 Å². The van der Waals surface area contributed by atoms with Crippen LogP contribution in [0.15, 0.2) is 48.5 Å². The molecule has 0 saturated carbocycles. The van der Waals surface area contributed by atoms with Crippen LogP contribution in [0.25, 0.3) is 11.1 Å². The van der Waals surface area contributed by atoms with Crippen molar-refractivity contribution in [2.75, 3.05) is 13.1 Å². The Morgan fingerprint density at radius 1 is 1.11 bits per heavy atom. The second-order valence-electron chi connectivity index (χ2n) is 8.42. The van der Waals surface area contributed by atoms with Gasteiger partial charge in [-0.2, -0.15) is 0 Å². The summed E-state index contributed by atoms with van der Waals surface area (Å²) in [5.41, 5.74) is 9.62. The number of hydrogen-bond donors (Lipinski definition) is 1. The summed E-state index contributed by atoms with van der Waals surface area (Å²) < 4.78 is 5.49. The maximum absolute atomic E-state index is 12.3. The van der Waals surface area contributed by atoms with Crippen molar-refractivity contribution < 1.29 is 9.53 Å². The van der Waals surface area contributed by atoms with Crippen LogP contribution in [0.3, 0.4) is 0 Å². The first-order chi connectivity index (χ1) is 13.2. The number of nitrogens with two attached hydrogens (primary N) is 1. The molecule has 2 aromatic carbocycles. The monoisotopic (exact) mass is 400 g/mol. The minimum atomic E-state index is -0.470. The van der Waals surface area contributed by atoms with Crippen LogP contribution < -0.4 is 5.73 Å². The second-order valence-corrected chi connectivity index (χ2v) is 8.86. The highest BCUT2D eigenvalue weighted by atomic mass is 35.5. The average molecular weight is 401 g/mol. The largest absolute Gasteiger partial charge is 0.444 e. The Hall–Kier alpha value is -2.04. The predicted octanol–water partition coefficient (Wildman–Crippen LogP) is 5.65. The summed E-state index contributed by atoms with van der Waals surface area (Å²) in [6.45, 7) is 7.02. The Morgan fingerprint density at radius 3 is 2.32 bits per heavy atom. The van der Waals surface area contributed by atoms with E-state index >= 15 is 0 Å². The molecule has 0 radical (unpaired) electrons. The number of rotatable bonds is 3. The van der Waals surface area contributed by atoms with Crippen LogP contribution in [0.2, 0.25) is 5.02 Å². The molecule has 3 rings (SSSR count). The zero-order chi connectivity index (χ0) is 20.3. The Morgan fingerprint density at radius 2 is 1.71 bits per heavy atom. The van der Waals surface area contributed by atoms with Crippen molar-refractivity contribution in [3.8, 4) is 11.1 Å². The van der Waals surface area contributed by atoms with Gasteiger partial charge < -0.3 is 15.4 Å². The fourth-order valence-electron chi connectivity index (χ4n) is 3.70.